The van der Waals surface area contributed by atoms with E-state index in [0.717, 1.165) is 18.3 Å². The lowest BCUT2D eigenvalue weighted by atomic mass is 9.66. The number of benzene rings is 1. The van der Waals surface area contributed by atoms with Gasteiger partial charge in [0.2, 0.25) is 0 Å². The predicted molar refractivity (Wildman–Crippen MR) is 135 cm³/mol. The van der Waals surface area contributed by atoms with Gasteiger partial charge in [0.05, 0.1) is 5.56 Å². The maximum Gasteiger partial charge on any atom is 0.338 e. The summed E-state index contributed by atoms with van der Waals surface area (Å²) in [5.74, 6) is 0.0689. The van der Waals surface area contributed by atoms with Crippen LogP contribution < -0.4 is 0 Å². The van der Waals surface area contributed by atoms with Gasteiger partial charge in [-0.25, -0.2) is 4.79 Å². The van der Waals surface area contributed by atoms with Gasteiger partial charge in [-0.1, -0.05) is 66.3 Å². The van der Waals surface area contributed by atoms with Gasteiger partial charge in [-0.15, -0.1) is 0 Å². The van der Waals surface area contributed by atoms with Crippen LogP contribution in [0.3, 0.4) is 0 Å². The van der Waals surface area contributed by atoms with Crippen molar-refractivity contribution in [1.29, 1.82) is 0 Å². The molecule has 0 amide bonds. The van der Waals surface area contributed by atoms with Crippen LogP contribution in [-0.4, -0.2) is 37.9 Å². The SMILES string of the molecule is COCO[C@@](C)(/C=C\I)[C@@H](C[C@H]1C(C)=CC[C@H](C(C)C)[C@H]1C=O)OC(=O)c1ccccc1. The molecule has 1 aromatic carbocycles. The molecule has 0 saturated carbocycles. The van der Waals surface area contributed by atoms with E-state index in [1.165, 1.54) is 0 Å². The van der Waals surface area contributed by atoms with Crippen molar-refractivity contribution in [2.45, 2.75) is 52.2 Å². The summed E-state index contributed by atoms with van der Waals surface area (Å²) in [6.45, 7) is 8.33. The zero-order chi connectivity index (χ0) is 23.7. The summed E-state index contributed by atoms with van der Waals surface area (Å²) in [6.07, 6.45) is 5.96. The number of esters is 1. The first kappa shape index (κ1) is 26.7. The molecule has 0 heterocycles. The number of carbonyl (C=O) groups excluding carboxylic acids is 2. The van der Waals surface area contributed by atoms with Gasteiger partial charge in [0.1, 0.15) is 24.8 Å². The molecular weight excluding hydrogens is 519 g/mol. The van der Waals surface area contributed by atoms with E-state index >= 15 is 0 Å². The number of rotatable bonds is 11. The Bertz CT molecular complexity index is 804. The lowest BCUT2D eigenvalue weighted by Gasteiger charge is -2.41. The summed E-state index contributed by atoms with van der Waals surface area (Å²) < 4.78 is 19.1. The lowest BCUT2D eigenvalue weighted by Crippen LogP contribution is -2.46. The molecular formula is C26H35IO5. The standard InChI is InChI=1S/C26H35IO5/c1-18(2)21-12-11-19(3)22(23(21)16-28)15-24(26(4,13-14-27)31-17-30-5)32-25(29)20-9-7-6-8-10-20/h6-11,13-14,16,18,21-24H,12,15,17H2,1-5H3/b14-13-/t21-,22+,23-,24-,26+/m1/s1. The number of methoxy groups -OCH3 is 1. The number of allylic oxidation sites excluding steroid dienone is 2. The van der Waals surface area contributed by atoms with E-state index in [-0.39, 0.29) is 24.5 Å². The third-order valence-corrected chi connectivity index (χ3v) is 6.88. The van der Waals surface area contributed by atoms with Crippen molar-refractivity contribution in [3.8, 4) is 0 Å². The Morgan fingerprint density at radius 1 is 1.28 bits per heavy atom. The summed E-state index contributed by atoms with van der Waals surface area (Å²) in [5.41, 5.74) is 0.723. The fourth-order valence-electron chi connectivity index (χ4n) is 4.45. The molecule has 0 saturated heterocycles. The molecule has 1 aliphatic carbocycles. The highest BCUT2D eigenvalue weighted by molar-refractivity contribution is 14.1. The number of aldehydes is 1. The van der Waals surface area contributed by atoms with Crippen LogP contribution in [0.2, 0.25) is 0 Å². The van der Waals surface area contributed by atoms with Crippen LogP contribution >= 0.6 is 22.6 Å². The Hall–Kier alpha value is -1.51. The van der Waals surface area contributed by atoms with Crippen LogP contribution in [0, 0.1) is 23.7 Å². The van der Waals surface area contributed by atoms with Crippen LogP contribution in [0.1, 0.15) is 50.9 Å². The van der Waals surface area contributed by atoms with E-state index < -0.39 is 17.7 Å². The summed E-state index contributed by atoms with van der Waals surface area (Å²) in [5, 5.41) is 0. The number of halogens is 1. The van der Waals surface area contributed by atoms with Crippen LogP contribution in [0.15, 0.2) is 52.1 Å². The van der Waals surface area contributed by atoms with Crippen molar-refractivity contribution < 1.29 is 23.8 Å². The largest absolute Gasteiger partial charge is 0.455 e. The van der Waals surface area contributed by atoms with Gasteiger partial charge >= 0.3 is 5.97 Å². The van der Waals surface area contributed by atoms with E-state index in [1.54, 1.807) is 31.4 Å². The Balaban J connectivity index is 2.42. The maximum atomic E-state index is 13.0. The first-order chi connectivity index (χ1) is 15.3. The average Bonchev–Trinajstić information content (AvgIpc) is 2.78. The number of ether oxygens (including phenoxy) is 3. The first-order valence-electron chi connectivity index (χ1n) is 11.1. The molecule has 5 nitrogen and oxygen atoms in total. The molecule has 5 atom stereocenters. The second kappa shape index (κ2) is 12.7. The molecule has 0 unspecified atom stereocenters. The van der Waals surface area contributed by atoms with Gasteiger partial charge in [-0.05, 0) is 66.7 Å². The molecule has 6 heteroatoms. The highest BCUT2D eigenvalue weighted by Gasteiger charge is 2.43. The molecule has 1 aromatic rings. The third kappa shape index (κ3) is 6.75. The maximum absolute atomic E-state index is 13.0. The smallest absolute Gasteiger partial charge is 0.338 e. The average molecular weight is 554 g/mol. The molecule has 0 spiro atoms. The Labute approximate surface area is 205 Å². The van der Waals surface area contributed by atoms with Crippen molar-refractivity contribution >= 4 is 34.8 Å². The number of hydrogen-bond donors (Lipinski definition) is 0. The fourth-order valence-corrected chi connectivity index (χ4v) is 5.16. The van der Waals surface area contributed by atoms with Gasteiger partial charge < -0.3 is 19.0 Å². The molecule has 2 rings (SSSR count). The molecule has 32 heavy (non-hydrogen) atoms. The van der Waals surface area contributed by atoms with Gasteiger partial charge in [0.15, 0.2) is 0 Å². The zero-order valence-electron chi connectivity index (χ0n) is 19.6. The highest BCUT2D eigenvalue weighted by atomic mass is 127. The van der Waals surface area contributed by atoms with E-state index in [4.69, 9.17) is 14.2 Å². The molecule has 0 N–H and O–H groups in total. The Kier molecular flexibility index (Phi) is 10.6. The van der Waals surface area contributed by atoms with Gasteiger partial charge in [0, 0.05) is 13.0 Å². The highest BCUT2D eigenvalue weighted by Crippen LogP contribution is 2.42. The monoisotopic (exact) mass is 554 g/mol. The minimum absolute atomic E-state index is 0.0321. The summed E-state index contributed by atoms with van der Waals surface area (Å²) in [4.78, 5) is 25.2. The van der Waals surface area contributed by atoms with Crippen molar-refractivity contribution in [2.24, 2.45) is 23.7 Å². The van der Waals surface area contributed by atoms with Gasteiger partial charge in [-0.2, -0.15) is 0 Å². The minimum Gasteiger partial charge on any atom is -0.455 e. The minimum atomic E-state index is -0.917. The first-order valence-corrected chi connectivity index (χ1v) is 12.3. The van der Waals surface area contributed by atoms with Gasteiger partial charge in [0.25, 0.3) is 0 Å². The van der Waals surface area contributed by atoms with Crippen molar-refractivity contribution in [3.05, 3.63) is 57.7 Å². The summed E-state index contributed by atoms with van der Waals surface area (Å²) in [6, 6.07) is 8.93. The Morgan fingerprint density at radius 3 is 2.53 bits per heavy atom. The fraction of sp³-hybridized carbons (Fsp3) is 0.538. The predicted octanol–water partition coefficient (Wildman–Crippen LogP) is 5.98. The second-order valence-corrected chi connectivity index (χ2v) is 9.65. The molecule has 176 valence electrons. The molecule has 0 aromatic heterocycles. The topological polar surface area (TPSA) is 61.8 Å². The van der Waals surface area contributed by atoms with Crippen molar-refractivity contribution in [3.63, 3.8) is 0 Å². The summed E-state index contributed by atoms with van der Waals surface area (Å²) >= 11 is 2.13. The third-order valence-electron chi connectivity index (χ3n) is 6.52. The van der Waals surface area contributed by atoms with Crippen LogP contribution in [0.25, 0.3) is 0 Å². The second-order valence-electron chi connectivity index (χ2n) is 8.93. The molecule has 0 aliphatic heterocycles. The molecule has 1 aliphatic rings. The van der Waals surface area contributed by atoms with Crippen LogP contribution in [0.4, 0.5) is 0 Å². The normalized spacial score (nSPS) is 24.1. The number of carbonyl (C=O) groups is 2. The van der Waals surface area contributed by atoms with Crippen LogP contribution in [-0.2, 0) is 19.0 Å². The van der Waals surface area contributed by atoms with E-state index in [0.29, 0.717) is 17.9 Å². The number of hydrogen-bond acceptors (Lipinski definition) is 5. The van der Waals surface area contributed by atoms with Crippen molar-refractivity contribution in [1.82, 2.24) is 0 Å². The quantitative estimate of drug-likeness (QED) is 0.111. The molecule has 0 fully saturated rings. The molecule has 0 radical (unpaired) electrons. The van der Waals surface area contributed by atoms with Crippen LogP contribution in [0.5, 0.6) is 0 Å². The molecule has 0 bridgehead atoms. The van der Waals surface area contributed by atoms with E-state index in [2.05, 4.69) is 49.4 Å². The van der Waals surface area contributed by atoms with Gasteiger partial charge in [-0.3, -0.25) is 0 Å². The van der Waals surface area contributed by atoms with Crippen molar-refractivity contribution in [2.75, 3.05) is 13.9 Å². The Morgan fingerprint density at radius 2 is 1.97 bits per heavy atom. The lowest BCUT2D eigenvalue weighted by molar-refractivity contribution is -0.152. The van der Waals surface area contributed by atoms with E-state index in [1.807, 2.05) is 23.1 Å². The zero-order valence-corrected chi connectivity index (χ0v) is 21.8. The summed E-state index contributed by atoms with van der Waals surface area (Å²) in [7, 11) is 1.56. The van der Waals surface area contributed by atoms with E-state index in [9.17, 15) is 9.59 Å².